The van der Waals surface area contributed by atoms with Crippen molar-refractivity contribution in [2.45, 2.75) is 38.6 Å². The number of piperidine rings is 1. The van der Waals surface area contributed by atoms with E-state index in [0.29, 0.717) is 0 Å². The third-order valence-corrected chi connectivity index (χ3v) is 3.06. The molecule has 82 valence electrons. The fraction of sp³-hybridized carbons (Fsp3) is 0.909. The average molecular weight is 197 g/mol. The normalized spacial score (nSPS) is 19.0. The van der Waals surface area contributed by atoms with E-state index in [9.17, 15) is 0 Å². The van der Waals surface area contributed by atoms with Gasteiger partial charge in [0, 0.05) is 25.6 Å². The molecule has 0 saturated carbocycles. The van der Waals surface area contributed by atoms with Gasteiger partial charge in [0.1, 0.15) is 0 Å². The van der Waals surface area contributed by atoms with Crippen LogP contribution in [0.3, 0.4) is 0 Å². The van der Waals surface area contributed by atoms with Gasteiger partial charge < -0.3 is 9.80 Å². The Bertz CT molecular complexity index is 181. The lowest BCUT2D eigenvalue weighted by Crippen LogP contribution is -2.44. The molecule has 0 bridgehead atoms. The Balaban J connectivity index is 2.31. The SMILES string of the molecule is CCCC(=N)N1CCC(N(C)C)CC1. The van der Waals surface area contributed by atoms with E-state index < -0.39 is 0 Å². The number of amidine groups is 1. The van der Waals surface area contributed by atoms with Gasteiger partial charge in [-0.05, 0) is 33.4 Å². The van der Waals surface area contributed by atoms with Crippen molar-refractivity contribution in [2.75, 3.05) is 27.2 Å². The van der Waals surface area contributed by atoms with Crippen LogP contribution in [-0.2, 0) is 0 Å². The Labute approximate surface area is 87.6 Å². The van der Waals surface area contributed by atoms with E-state index in [4.69, 9.17) is 5.41 Å². The summed E-state index contributed by atoms with van der Waals surface area (Å²) in [6.07, 6.45) is 4.44. The standard InChI is InChI=1S/C11H23N3/c1-4-5-11(12)14-8-6-10(7-9-14)13(2)3/h10,12H,4-9H2,1-3H3. The van der Waals surface area contributed by atoms with E-state index in [0.717, 1.165) is 37.8 Å². The summed E-state index contributed by atoms with van der Waals surface area (Å²) in [6, 6.07) is 0.723. The van der Waals surface area contributed by atoms with Crippen LogP contribution in [0.15, 0.2) is 0 Å². The first-order valence-electron chi connectivity index (χ1n) is 5.64. The van der Waals surface area contributed by atoms with Gasteiger partial charge in [0.2, 0.25) is 0 Å². The highest BCUT2D eigenvalue weighted by Gasteiger charge is 2.21. The molecule has 1 fully saturated rings. The van der Waals surface area contributed by atoms with Gasteiger partial charge in [0.15, 0.2) is 0 Å². The van der Waals surface area contributed by atoms with Crippen LogP contribution in [-0.4, -0.2) is 48.9 Å². The monoisotopic (exact) mass is 197 g/mol. The Hall–Kier alpha value is -0.570. The zero-order chi connectivity index (χ0) is 10.6. The number of likely N-dealkylation sites (tertiary alicyclic amines) is 1. The summed E-state index contributed by atoms with van der Waals surface area (Å²) in [5, 5.41) is 7.87. The van der Waals surface area contributed by atoms with Gasteiger partial charge in [-0.2, -0.15) is 0 Å². The minimum absolute atomic E-state index is 0.723. The molecule has 0 aromatic heterocycles. The fourth-order valence-electron chi connectivity index (χ4n) is 2.05. The second kappa shape index (κ2) is 5.35. The second-order valence-corrected chi connectivity index (χ2v) is 4.38. The molecule has 1 rings (SSSR count). The Morgan fingerprint density at radius 3 is 2.36 bits per heavy atom. The molecule has 0 aromatic rings. The number of hydrogen-bond acceptors (Lipinski definition) is 2. The molecule has 0 spiro atoms. The van der Waals surface area contributed by atoms with E-state index in [1.54, 1.807) is 0 Å². The lowest BCUT2D eigenvalue weighted by molar-refractivity contribution is 0.189. The molecular formula is C11H23N3. The summed E-state index contributed by atoms with van der Waals surface area (Å²) in [5.74, 6) is 0.838. The van der Waals surface area contributed by atoms with Gasteiger partial charge in [-0.25, -0.2) is 0 Å². The van der Waals surface area contributed by atoms with E-state index in [1.165, 1.54) is 12.8 Å². The minimum Gasteiger partial charge on any atom is -0.360 e. The van der Waals surface area contributed by atoms with Crippen LogP contribution in [0.4, 0.5) is 0 Å². The highest BCUT2D eigenvalue weighted by atomic mass is 15.2. The lowest BCUT2D eigenvalue weighted by Gasteiger charge is -2.36. The predicted molar refractivity (Wildman–Crippen MR) is 60.9 cm³/mol. The second-order valence-electron chi connectivity index (χ2n) is 4.38. The summed E-state index contributed by atoms with van der Waals surface area (Å²) in [6.45, 7) is 4.28. The van der Waals surface area contributed by atoms with E-state index >= 15 is 0 Å². The largest absolute Gasteiger partial charge is 0.360 e. The quantitative estimate of drug-likeness (QED) is 0.552. The maximum Gasteiger partial charge on any atom is 0.0957 e. The summed E-state index contributed by atoms with van der Waals surface area (Å²) in [7, 11) is 4.30. The average Bonchev–Trinajstić information content (AvgIpc) is 2.18. The highest BCUT2D eigenvalue weighted by molar-refractivity contribution is 5.79. The van der Waals surface area contributed by atoms with Crippen LogP contribution in [0.25, 0.3) is 0 Å². The third-order valence-electron chi connectivity index (χ3n) is 3.06. The summed E-state index contributed by atoms with van der Waals surface area (Å²) < 4.78 is 0. The van der Waals surface area contributed by atoms with Gasteiger partial charge in [-0.15, -0.1) is 0 Å². The number of hydrogen-bond donors (Lipinski definition) is 1. The first-order valence-corrected chi connectivity index (χ1v) is 5.64. The molecule has 1 heterocycles. The molecule has 0 aliphatic carbocycles. The first-order chi connectivity index (χ1) is 6.65. The van der Waals surface area contributed by atoms with Gasteiger partial charge in [0.05, 0.1) is 5.84 Å². The van der Waals surface area contributed by atoms with E-state index in [-0.39, 0.29) is 0 Å². The van der Waals surface area contributed by atoms with Gasteiger partial charge >= 0.3 is 0 Å². The molecule has 0 atom stereocenters. The lowest BCUT2D eigenvalue weighted by atomic mass is 10.0. The molecule has 1 aliphatic heterocycles. The van der Waals surface area contributed by atoms with Crippen LogP contribution in [0.5, 0.6) is 0 Å². The smallest absolute Gasteiger partial charge is 0.0957 e. The Morgan fingerprint density at radius 2 is 1.93 bits per heavy atom. The predicted octanol–water partition coefficient (Wildman–Crippen LogP) is 1.79. The Morgan fingerprint density at radius 1 is 1.36 bits per heavy atom. The Kier molecular flexibility index (Phi) is 4.39. The van der Waals surface area contributed by atoms with Crippen LogP contribution in [0, 0.1) is 5.41 Å². The molecule has 0 unspecified atom stereocenters. The summed E-state index contributed by atoms with van der Waals surface area (Å²) in [5.41, 5.74) is 0. The van der Waals surface area contributed by atoms with Crippen LogP contribution < -0.4 is 0 Å². The van der Waals surface area contributed by atoms with Crippen molar-refractivity contribution >= 4 is 5.84 Å². The van der Waals surface area contributed by atoms with Crippen LogP contribution in [0.2, 0.25) is 0 Å². The fourth-order valence-corrected chi connectivity index (χ4v) is 2.05. The maximum absolute atomic E-state index is 7.87. The molecule has 0 aromatic carbocycles. The molecule has 1 aliphatic rings. The topological polar surface area (TPSA) is 30.3 Å². The van der Waals surface area contributed by atoms with Crippen molar-refractivity contribution in [1.29, 1.82) is 5.41 Å². The molecule has 14 heavy (non-hydrogen) atoms. The minimum atomic E-state index is 0.723. The van der Waals surface area contributed by atoms with E-state index in [1.807, 2.05) is 0 Å². The van der Waals surface area contributed by atoms with Crippen molar-refractivity contribution in [3.05, 3.63) is 0 Å². The van der Waals surface area contributed by atoms with Gasteiger partial charge in [0.25, 0.3) is 0 Å². The van der Waals surface area contributed by atoms with Gasteiger partial charge in [-0.3, -0.25) is 5.41 Å². The molecule has 0 amide bonds. The van der Waals surface area contributed by atoms with E-state index in [2.05, 4.69) is 30.8 Å². The first kappa shape index (κ1) is 11.5. The molecule has 3 nitrogen and oxygen atoms in total. The van der Waals surface area contributed by atoms with Crippen molar-refractivity contribution in [2.24, 2.45) is 0 Å². The van der Waals surface area contributed by atoms with Gasteiger partial charge in [-0.1, -0.05) is 6.92 Å². The number of nitrogens with zero attached hydrogens (tertiary/aromatic N) is 2. The highest BCUT2D eigenvalue weighted by Crippen LogP contribution is 2.15. The summed E-state index contributed by atoms with van der Waals surface area (Å²) >= 11 is 0. The molecule has 3 heteroatoms. The van der Waals surface area contributed by atoms with Crippen molar-refractivity contribution in [3.8, 4) is 0 Å². The third kappa shape index (κ3) is 2.98. The maximum atomic E-state index is 7.87. The zero-order valence-corrected chi connectivity index (χ0v) is 9.71. The van der Waals surface area contributed by atoms with Crippen molar-refractivity contribution < 1.29 is 0 Å². The van der Waals surface area contributed by atoms with Crippen molar-refractivity contribution in [3.63, 3.8) is 0 Å². The van der Waals surface area contributed by atoms with Crippen LogP contribution in [0.1, 0.15) is 32.6 Å². The number of nitrogens with one attached hydrogen (secondary N) is 1. The molecular weight excluding hydrogens is 174 g/mol. The van der Waals surface area contributed by atoms with Crippen LogP contribution >= 0.6 is 0 Å². The molecule has 0 radical (unpaired) electrons. The summed E-state index contributed by atoms with van der Waals surface area (Å²) in [4.78, 5) is 4.55. The molecule has 1 saturated heterocycles. The van der Waals surface area contributed by atoms with Crippen molar-refractivity contribution in [1.82, 2.24) is 9.80 Å². The molecule has 1 N–H and O–H groups in total. The zero-order valence-electron chi connectivity index (χ0n) is 9.71. The number of rotatable bonds is 3.